The third kappa shape index (κ3) is 2.35. The molecule has 3 rings (SSSR count). The zero-order valence-electron chi connectivity index (χ0n) is 10.7. The Hall–Kier alpha value is -2.18. The number of rotatable bonds is 2. The van der Waals surface area contributed by atoms with Crippen LogP contribution in [0, 0.1) is 6.92 Å². The number of hydrogen-bond acceptors (Lipinski definition) is 5. The Kier molecular flexibility index (Phi) is 3.02. The second kappa shape index (κ2) is 4.83. The summed E-state index contributed by atoms with van der Waals surface area (Å²) in [6.45, 7) is 3.16. The molecule has 19 heavy (non-hydrogen) atoms. The lowest BCUT2D eigenvalue weighted by Crippen LogP contribution is -2.39. The van der Waals surface area contributed by atoms with E-state index in [9.17, 15) is 4.79 Å². The van der Waals surface area contributed by atoms with Crippen LogP contribution < -0.4 is 0 Å². The van der Waals surface area contributed by atoms with Gasteiger partial charge in [-0.2, -0.15) is 15.0 Å². The average molecular weight is 261 g/mol. The fourth-order valence-corrected chi connectivity index (χ4v) is 2.34. The molecule has 7 nitrogen and oxygen atoms in total. The van der Waals surface area contributed by atoms with Crippen molar-refractivity contribution in [3.05, 3.63) is 29.9 Å². The van der Waals surface area contributed by atoms with Gasteiger partial charge in [0.15, 0.2) is 5.69 Å². The van der Waals surface area contributed by atoms with Crippen LogP contribution >= 0.6 is 0 Å². The SMILES string of the molecule is Cc1cc(C(=O)N2CCC(n3nccn3)CC2)no1. The molecule has 0 radical (unpaired) electrons. The number of carbonyl (C=O) groups is 1. The van der Waals surface area contributed by atoms with Crippen LogP contribution in [-0.4, -0.2) is 44.0 Å². The highest BCUT2D eigenvalue weighted by Gasteiger charge is 2.26. The lowest BCUT2D eigenvalue weighted by molar-refractivity contribution is 0.0673. The first-order valence-electron chi connectivity index (χ1n) is 6.32. The van der Waals surface area contributed by atoms with Crippen molar-refractivity contribution in [3.63, 3.8) is 0 Å². The molecule has 100 valence electrons. The Morgan fingerprint density at radius 2 is 2.00 bits per heavy atom. The summed E-state index contributed by atoms with van der Waals surface area (Å²) in [5.41, 5.74) is 0.383. The Morgan fingerprint density at radius 1 is 1.32 bits per heavy atom. The fraction of sp³-hybridized carbons (Fsp3) is 0.500. The summed E-state index contributed by atoms with van der Waals surface area (Å²) in [6.07, 6.45) is 5.07. The van der Waals surface area contributed by atoms with Gasteiger partial charge in [-0.15, -0.1) is 0 Å². The molecule has 2 aromatic heterocycles. The van der Waals surface area contributed by atoms with E-state index in [0.29, 0.717) is 24.5 Å². The van der Waals surface area contributed by atoms with Crippen molar-refractivity contribution in [2.45, 2.75) is 25.8 Å². The van der Waals surface area contributed by atoms with Gasteiger partial charge in [-0.05, 0) is 19.8 Å². The van der Waals surface area contributed by atoms with Crippen molar-refractivity contribution in [1.82, 2.24) is 25.1 Å². The zero-order valence-corrected chi connectivity index (χ0v) is 10.7. The summed E-state index contributed by atoms with van der Waals surface area (Å²) < 4.78 is 4.93. The Labute approximate surface area is 110 Å². The van der Waals surface area contributed by atoms with Crippen molar-refractivity contribution in [2.75, 3.05) is 13.1 Å². The third-order valence-electron chi connectivity index (χ3n) is 3.36. The second-order valence-corrected chi connectivity index (χ2v) is 4.70. The van der Waals surface area contributed by atoms with Crippen LogP contribution in [0.1, 0.15) is 35.1 Å². The molecule has 1 amide bonds. The molecule has 0 unspecified atom stereocenters. The Bertz CT molecular complexity index is 554. The molecular formula is C12H15N5O2. The molecule has 3 heterocycles. The molecule has 1 fully saturated rings. The van der Waals surface area contributed by atoms with Crippen LogP contribution in [0.2, 0.25) is 0 Å². The fourth-order valence-electron chi connectivity index (χ4n) is 2.34. The lowest BCUT2D eigenvalue weighted by Gasteiger charge is -2.30. The summed E-state index contributed by atoms with van der Waals surface area (Å²) >= 11 is 0. The minimum atomic E-state index is -0.0660. The Balaban J connectivity index is 1.62. The number of piperidine rings is 1. The van der Waals surface area contributed by atoms with Crippen LogP contribution in [0.4, 0.5) is 0 Å². The minimum Gasteiger partial charge on any atom is -0.361 e. The normalized spacial score (nSPS) is 16.8. The molecule has 0 saturated carbocycles. The van der Waals surface area contributed by atoms with Crippen molar-refractivity contribution in [3.8, 4) is 0 Å². The van der Waals surface area contributed by atoms with E-state index in [2.05, 4.69) is 15.4 Å². The van der Waals surface area contributed by atoms with E-state index >= 15 is 0 Å². The number of nitrogens with zero attached hydrogens (tertiary/aromatic N) is 5. The predicted octanol–water partition coefficient (Wildman–Crippen LogP) is 1.05. The lowest BCUT2D eigenvalue weighted by atomic mass is 10.1. The van der Waals surface area contributed by atoms with Gasteiger partial charge in [-0.25, -0.2) is 0 Å². The number of aryl methyl sites for hydroxylation is 1. The van der Waals surface area contributed by atoms with E-state index in [4.69, 9.17) is 4.52 Å². The van der Waals surface area contributed by atoms with Gasteiger partial charge in [-0.3, -0.25) is 4.79 Å². The summed E-state index contributed by atoms with van der Waals surface area (Å²) in [5.74, 6) is 0.586. The molecule has 1 aliphatic rings. The van der Waals surface area contributed by atoms with Crippen LogP contribution in [0.25, 0.3) is 0 Å². The molecule has 2 aromatic rings. The molecule has 1 aliphatic heterocycles. The molecule has 7 heteroatoms. The van der Waals surface area contributed by atoms with E-state index in [1.807, 2.05) is 0 Å². The maximum atomic E-state index is 12.2. The molecule has 0 aromatic carbocycles. The predicted molar refractivity (Wildman–Crippen MR) is 65.4 cm³/mol. The number of amides is 1. The van der Waals surface area contributed by atoms with Crippen molar-refractivity contribution in [1.29, 1.82) is 0 Å². The van der Waals surface area contributed by atoms with Gasteiger partial charge in [0.05, 0.1) is 18.4 Å². The molecule has 1 saturated heterocycles. The third-order valence-corrected chi connectivity index (χ3v) is 3.36. The molecule has 0 aliphatic carbocycles. The first-order valence-corrected chi connectivity index (χ1v) is 6.32. The van der Waals surface area contributed by atoms with Gasteiger partial charge in [0.2, 0.25) is 0 Å². The van der Waals surface area contributed by atoms with E-state index in [0.717, 1.165) is 12.8 Å². The van der Waals surface area contributed by atoms with Crippen LogP contribution in [0.15, 0.2) is 23.0 Å². The van der Waals surface area contributed by atoms with Gasteiger partial charge in [-0.1, -0.05) is 5.16 Å². The first-order chi connectivity index (χ1) is 9.24. The number of aromatic nitrogens is 4. The molecule has 0 atom stereocenters. The molecule has 0 N–H and O–H groups in total. The highest BCUT2D eigenvalue weighted by molar-refractivity contribution is 5.92. The van der Waals surface area contributed by atoms with Crippen LogP contribution in [0.5, 0.6) is 0 Å². The summed E-state index contributed by atoms with van der Waals surface area (Å²) in [6, 6.07) is 1.95. The van der Waals surface area contributed by atoms with E-state index in [1.165, 1.54) is 0 Å². The topological polar surface area (TPSA) is 77.1 Å². The maximum absolute atomic E-state index is 12.2. The van der Waals surface area contributed by atoms with Crippen molar-refractivity contribution < 1.29 is 9.32 Å². The Morgan fingerprint density at radius 3 is 2.58 bits per heavy atom. The minimum absolute atomic E-state index is 0.0660. The van der Waals surface area contributed by atoms with E-state index in [-0.39, 0.29) is 11.9 Å². The molecule has 0 spiro atoms. The van der Waals surface area contributed by atoms with E-state index < -0.39 is 0 Å². The number of hydrogen-bond donors (Lipinski definition) is 0. The largest absolute Gasteiger partial charge is 0.361 e. The van der Waals surface area contributed by atoms with Crippen LogP contribution in [-0.2, 0) is 0 Å². The standard InChI is InChI=1S/C12H15N5O2/c1-9-8-11(15-19-9)12(18)16-6-2-10(3-7-16)17-13-4-5-14-17/h4-5,8,10H,2-3,6-7H2,1H3. The van der Waals surface area contributed by atoms with Gasteiger partial charge in [0, 0.05) is 19.2 Å². The molecular weight excluding hydrogens is 246 g/mol. The van der Waals surface area contributed by atoms with Crippen LogP contribution in [0.3, 0.4) is 0 Å². The summed E-state index contributed by atoms with van der Waals surface area (Å²) in [4.78, 5) is 15.7. The highest BCUT2D eigenvalue weighted by atomic mass is 16.5. The maximum Gasteiger partial charge on any atom is 0.276 e. The monoisotopic (exact) mass is 261 g/mol. The first kappa shape index (κ1) is 11.9. The number of likely N-dealkylation sites (tertiary alicyclic amines) is 1. The number of carbonyl (C=O) groups excluding carboxylic acids is 1. The summed E-state index contributed by atoms with van der Waals surface area (Å²) in [5, 5.41) is 12.1. The summed E-state index contributed by atoms with van der Waals surface area (Å²) in [7, 11) is 0. The van der Waals surface area contributed by atoms with Gasteiger partial charge in [0.25, 0.3) is 5.91 Å². The second-order valence-electron chi connectivity index (χ2n) is 4.70. The quantitative estimate of drug-likeness (QED) is 0.807. The van der Waals surface area contributed by atoms with Crippen molar-refractivity contribution >= 4 is 5.91 Å². The highest BCUT2D eigenvalue weighted by Crippen LogP contribution is 2.21. The smallest absolute Gasteiger partial charge is 0.276 e. The van der Waals surface area contributed by atoms with Gasteiger partial charge in [0.1, 0.15) is 5.76 Å². The average Bonchev–Trinajstić information content (AvgIpc) is 3.09. The van der Waals surface area contributed by atoms with Gasteiger partial charge >= 0.3 is 0 Å². The molecule has 0 bridgehead atoms. The van der Waals surface area contributed by atoms with Gasteiger partial charge < -0.3 is 9.42 Å². The van der Waals surface area contributed by atoms with Crippen molar-refractivity contribution in [2.24, 2.45) is 0 Å². The zero-order chi connectivity index (χ0) is 13.2. The van der Waals surface area contributed by atoms with E-state index in [1.54, 1.807) is 35.1 Å².